The first kappa shape index (κ1) is 15.2. The molecule has 6 nitrogen and oxygen atoms in total. The van der Waals surface area contributed by atoms with Crippen molar-refractivity contribution in [1.29, 1.82) is 0 Å². The van der Waals surface area contributed by atoms with Crippen LogP contribution in [0, 0.1) is 0 Å². The summed E-state index contributed by atoms with van der Waals surface area (Å²) in [6, 6.07) is 8.67. The first-order valence-electron chi connectivity index (χ1n) is 8.75. The van der Waals surface area contributed by atoms with Gasteiger partial charge in [0.2, 0.25) is 5.91 Å². The highest BCUT2D eigenvalue weighted by Crippen LogP contribution is 2.38. The van der Waals surface area contributed by atoms with Crippen molar-refractivity contribution in [2.45, 2.75) is 31.7 Å². The maximum absolute atomic E-state index is 11.8. The summed E-state index contributed by atoms with van der Waals surface area (Å²) in [5.74, 6) is 0.828. The van der Waals surface area contributed by atoms with Crippen LogP contribution in [-0.4, -0.2) is 51.8 Å². The average Bonchev–Trinajstić information content (AvgIpc) is 3.32. The van der Waals surface area contributed by atoms with E-state index in [1.54, 1.807) is 12.7 Å². The van der Waals surface area contributed by atoms with E-state index in [-0.39, 0.29) is 0 Å². The van der Waals surface area contributed by atoms with Gasteiger partial charge in [0.05, 0.1) is 6.54 Å². The highest BCUT2D eigenvalue weighted by Gasteiger charge is 2.29. The molecule has 126 valence electrons. The monoisotopic (exact) mass is 325 g/mol. The highest BCUT2D eigenvalue weighted by atomic mass is 16.2. The van der Waals surface area contributed by atoms with Gasteiger partial charge in [-0.2, -0.15) is 5.10 Å². The van der Waals surface area contributed by atoms with Crippen LogP contribution in [0.5, 0.6) is 0 Å². The number of anilines is 1. The van der Waals surface area contributed by atoms with Gasteiger partial charge in [-0.15, -0.1) is 0 Å². The molecule has 0 spiro atoms. The van der Waals surface area contributed by atoms with E-state index in [4.69, 9.17) is 0 Å². The zero-order chi connectivity index (χ0) is 16.4. The standard InChI is InChI=1S/C18H23N5O/c24-18-6-3-8-21(18)9-7-15-12-22(10-11-23-14-19-13-20-23)17-5-2-1-4-16(15)17/h1-2,4-5,13-15H,3,6-12H2/t15-/m1/s1. The molecule has 0 N–H and O–H groups in total. The Kier molecular flexibility index (Phi) is 4.19. The van der Waals surface area contributed by atoms with Gasteiger partial charge < -0.3 is 9.80 Å². The van der Waals surface area contributed by atoms with Crippen molar-refractivity contribution in [2.24, 2.45) is 0 Å². The van der Waals surface area contributed by atoms with E-state index in [1.165, 1.54) is 11.3 Å². The van der Waals surface area contributed by atoms with Crippen LogP contribution in [0.3, 0.4) is 0 Å². The lowest BCUT2D eigenvalue weighted by molar-refractivity contribution is -0.127. The number of carbonyl (C=O) groups excluding carboxylic acids is 1. The van der Waals surface area contributed by atoms with E-state index in [0.29, 0.717) is 11.8 Å². The van der Waals surface area contributed by atoms with Crippen LogP contribution in [0.1, 0.15) is 30.7 Å². The lowest BCUT2D eigenvalue weighted by atomic mass is 9.98. The van der Waals surface area contributed by atoms with Crippen LogP contribution in [0.15, 0.2) is 36.9 Å². The van der Waals surface area contributed by atoms with Gasteiger partial charge in [-0.25, -0.2) is 4.98 Å². The van der Waals surface area contributed by atoms with Gasteiger partial charge in [-0.05, 0) is 24.5 Å². The molecule has 1 fully saturated rings. The second-order valence-electron chi connectivity index (χ2n) is 6.63. The Bertz CT molecular complexity index is 699. The van der Waals surface area contributed by atoms with Gasteiger partial charge in [-0.1, -0.05) is 18.2 Å². The molecule has 0 aliphatic carbocycles. The van der Waals surface area contributed by atoms with Crippen molar-refractivity contribution in [2.75, 3.05) is 31.1 Å². The lowest BCUT2D eigenvalue weighted by Gasteiger charge is -2.21. The fourth-order valence-electron chi connectivity index (χ4n) is 3.87. The molecule has 2 aromatic rings. The van der Waals surface area contributed by atoms with Crippen LogP contribution in [0.25, 0.3) is 0 Å². The van der Waals surface area contributed by atoms with Crippen LogP contribution in [-0.2, 0) is 11.3 Å². The molecule has 0 radical (unpaired) electrons. The van der Waals surface area contributed by atoms with Crippen LogP contribution in [0.4, 0.5) is 5.69 Å². The summed E-state index contributed by atoms with van der Waals surface area (Å²) >= 11 is 0. The summed E-state index contributed by atoms with van der Waals surface area (Å²) in [5, 5.41) is 4.18. The van der Waals surface area contributed by atoms with Crippen molar-refractivity contribution in [3.63, 3.8) is 0 Å². The van der Waals surface area contributed by atoms with Gasteiger partial charge >= 0.3 is 0 Å². The molecule has 1 atom stereocenters. The van der Waals surface area contributed by atoms with Crippen LogP contribution < -0.4 is 4.90 Å². The molecular weight excluding hydrogens is 302 g/mol. The zero-order valence-corrected chi connectivity index (χ0v) is 13.8. The number of carbonyl (C=O) groups is 1. The number of hydrogen-bond acceptors (Lipinski definition) is 4. The van der Waals surface area contributed by atoms with Crippen molar-refractivity contribution in [3.8, 4) is 0 Å². The summed E-state index contributed by atoms with van der Waals surface area (Å²) in [5.41, 5.74) is 2.75. The minimum absolute atomic E-state index is 0.323. The fourth-order valence-corrected chi connectivity index (χ4v) is 3.87. The lowest BCUT2D eigenvalue weighted by Crippen LogP contribution is -2.29. The number of rotatable bonds is 6. The van der Waals surface area contributed by atoms with E-state index >= 15 is 0 Å². The average molecular weight is 325 g/mol. The largest absolute Gasteiger partial charge is 0.369 e. The Balaban J connectivity index is 1.41. The van der Waals surface area contributed by atoms with E-state index in [0.717, 1.165) is 52.0 Å². The van der Waals surface area contributed by atoms with Crippen molar-refractivity contribution >= 4 is 11.6 Å². The second kappa shape index (κ2) is 6.63. The smallest absolute Gasteiger partial charge is 0.222 e. The quantitative estimate of drug-likeness (QED) is 0.814. The summed E-state index contributed by atoms with van der Waals surface area (Å²) < 4.78 is 1.87. The fraction of sp³-hybridized carbons (Fsp3) is 0.500. The molecule has 6 heteroatoms. The van der Waals surface area contributed by atoms with Gasteiger partial charge in [-0.3, -0.25) is 9.48 Å². The molecule has 1 aromatic heterocycles. The number of fused-ring (bicyclic) bond motifs is 1. The van der Waals surface area contributed by atoms with E-state index in [2.05, 4.69) is 39.2 Å². The maximum Gasteiger partial charge on any atom is 0.222 e. The molecule has 2 aliphatic heterocycles. The third-order valence-electron chi connectivity index (χ3n) is 5.14. The maximum atomic E-state index is 11.8. The first-order chi connectivity index (χ1) is 11.8. The Morgan fingerprint density at radius 1 is 1.12 bits per heavy atom. The molecule has 1 amide bonds. The number of nitrogens with zero attached hydrogens (tertiary/aromatic N) is 5. The van der Waals surface area contributed by atoms with Gasteiger partial charge in [0.15, 0.2) is 0 Å². The molecule has 0 saturated carbocycles. The van der Waals surface area contributed by atoms with Crippen LogP contribution in [0.2, 0.25) is 0 Å². The molecule has 1 aromatic carbocycles. The van der Waals surface area contributed by atoms with Crippen molar-refractivity contribution in [1.82, 2.24) is 19.7 Å². The van der Waals surface area contributed by atoms with Gasteiger partial charge in [0.1, 0.15) is 12.7 Å². The normalized spacial score (nSPS) is 20.0. The molecule has 24 heavy (non-hydrogen) atoms. The summed E-state index contributed by atoms with van der Waals surface area (Å²) in [4.78, 5) is 20.3. The Labute approximate surface area is 142 Å². The number of para-hydroxylation sites is 1. The summed E-state index contributed by atoms with van der Waals surface area (Å²) in [7, 11) is 0. The topological polar surface area (TPSA) is 54.3 Å². The Hall–Kier alpha value is -2.37. The molecule has 3 heterocycles. The second-order valence-corrected chi connectivity index (χ2v) is 6.63. The molecule has 4 rings (SSSR count). The molecule has 0 unspecified atom stereocenters. The number of amides is 1. The Morgan fingerprint density at radius 3 is 2.83 bits per heavy atom. The van der Waals surface area contributed by atoms with Gasteiger partial charge in [0, 0.05) is 44.2 Å². The zero-order valence-electron chi connectivity index (χ0n) is 13.8. The summed E-state index contributed by atoms with van der Waals surface area (Å²) in [6.07, 6.45) is 6.13. The third kappa shape index (κ3) is 3.00. The molecule has 0 bridgehead atoms. The highest BCUT2D eigenvalue weighted by molar-refractivity contribution is 5.78. The predicted molar refractivity (Wildman–Crippen MR) is 91.8 cm³/mol. The van der Waals surface area contributed by atoms with Crippen molar-refractivity contribution in [3.05, 3.63) is 42.5 Å². The minimum Gasteiger partial charge on any atom is -0.369 e. The number of aromatic nitrogens is 3. The predicted octanol–water partition coefficient (Wildman–Crippen LogP) is 1.89. The molecular formula is C18H23N5O. The molecule has 1 saturated heterocycles. The van der Waals surface area contributed by atoms with E-state index in [1.807, 2.05) is 9.58 Å². The minimum atomic E-state index is 0.323. The number of likely N-dealkylation sites (tertiary alicyclic amines) is 1. The first-order valence-corrected chi connectivity index (χ1v) is 8.75. The van der Waals surface area contributed by atoms with Crippen molar-refractivity contribution < 1.29 is 4.79 Å². The number of benzene rings is 1. The van der Waals surface area contributed by atoms with E-state index < -0.39 is 0 Å². The van der Waals surface area contributed by atoms with Crippen LogP contribution >= 0.6 is 0 Å². The molecule has 2 aliphatic rings. The van der Waals surface area contributed by atoms with E-state index in [9.17, 15) is 4.79 Å². The number of hydrogen-bond donors (Lipinski definition) is 0. The third-order valence-corrected chi connectivity index (χ3v) is 5.14. The SMILES string of the molecule is O=C1CCCN1CC[C@@H]1CN(CCn2cncn2)c2ccccc21. The summed E-state index contributed by atoms with van der Waals surface area (Å²) in [6.45, 7) is 4.61. The Morgan fingerprint density at radius 2 is 2.04 bits per heavy atom. The van der Waals surface area contributed by atoms with Gasteiger partial charge in [0.25, 0.3) is 0 Å².